The molecule has 3 heteroatoms. The van der Waals surface area contributed by atoms with Crippen LogP contribution in [0.15, 0.2) is 42.5 Å². The van der Waals surface area contributed by atoms with Crippen LogP contribution >= 0.6 is 0 Å². The van der Waals surface area contributed by atoms with E-state index in [4.69, 9.17) is 0 Å². The Labute approximate surface area is 117 Å². The number of halogens is 2. The summed E-state index contributed by atoms with van der Waals surface area (Å²) in [5.41, 5.74) is 1.68. The summed E-state index contributed by atoms with van der Waals surface area (Å²) in [4.78, 5) is 0. The van der Waals surface area contributed by atoms with Crippen LogP contribution in [0.1, 0.15) is 36.6 Å². The summed E-state index contributed by atoms with van der Waals surface area (Å²) < 4.78 is 26.8. The Bertz CT molecular complexity index is 576. The SMILES string of the molecule is CC(C)Cc1ccc(C(O)c2cc(F)ccc2F)cc1. The van der Waals surface area contributed by atoms with E-state index in [1.165, 1.54) is 0 Å². The zero-order chi connectivity index (χ0) is 14.7. The summed E-state index contributed by atoms with van der Waals surface area (Å²) in [7, 11) is 0. The monoisotopic (exact) mass is 276 g/mol. The first kappa shape index (κ1) is 14.7. The third-order valence-electron chi connectivity index (χ3n) is 3.19. The Hall–Kier alpha value is -1.74. The minimum absolute atomic E-state index is 0.0402. The highest BCUT2D eigenvalue weighted by molar-refractivity contribution is 5.33. The minimum Gasteiger partial charge on any atom is -0.384 e. The normalized spacial score (nSPS) is 12.7. The van der Waals surface area contributed by atoms with E-state index in [2.05, 4.69) is 13.8 Å². The molecule has 0 amide bonds. The predicted molar refractivity (Wildman–Crippen MR) is 75.4 cm³/mol. The Morgan fingerprint density at radius 2 is 1.65 bits per heavy atom. The second-order valence-corrected chi connectivity index (χ2v) is 5.41. The summed E-state index contributed by atoms with van der Waals surface area (Å²) >= 11 is 0. The lowest BCUT2D eigenvalue weighted by Gasteiger charge is -2.13. The van der Waals surface area contributed by atoms with Crippen LogP contribution < -0.4 is 0 Å². The highest BCUT2D eigenvalue weighted by atomic mass is 19.1. The molecule has 0 aliphatic carbocycles. The van der Waals surface area contributed by atoms with Crippen molar-refractivity contribution in [2.45, 2.75) is 26.4 Å². The Kier molecular flexibility index (Phi) is 4.50. The molecule has 0 heterocycles. The summed E-state index contributed by atoms with van der Waals surface area (Å²) in [5.74, 6) is -0.617. The van der Waals surface area contributed by atoms with Crippen LogP contribution in [0, 0.1) is 17.6 Å². The van der Waals surface area contributed by atoms with Gasteiger partial charge >= 0.3 is 0 Å². The molecule has 20 heavy (non-hydrogen) atoms. The fraction of sp³-hybridized carbons (Fsp3) is 0.294. The molecule has 0 aliphatic rings. The largest absolute Gasteiger partial charge is 0.384 e. The van der Waals surface area contributed by atoms with Crippen LogP contribution in [0.4, 0.5) is 8.78 Å². The fourth-order valence-corrected chi connectivity index (χ4v) is 2.21. The molecule has 106 valence electrons. The van der Waals surface area contributed by atoms with Crippen molar-refractivity contribution in [1.82, 2.24) is 0 Å². The number of aliphatic hydroxyl groups excluding tert-OH is 1. The molecule has 0 bridgehead atoms. The Morgan fingerprint density at radius 1 is 1.00 bits per heavy atom. The first-order valence-corrected chi connectivity index (χ1v) is 6.69. The maximum Gasteiger partial charge on any atom is 0.129 e. The van der Waals surface area contributed by atoms with Gasteiger partial charge in [0.1, 0.15) is 17.7 Å². The van der Waals surface area contributed by atoms with Crippen molar-refractivity contribution in [1.29, 1.82) is 0 Å². The van der Waals surface area contributed by atoms with Crippen molar-refractivity contribution < 1.29 is 13.9 Å². The highest BCUT2D eigenvalue weighted by Crippen LogP contribution is 2.25. The van der Waals surface area contributed by atoms with Crippen LogP contribution in [0.2, 0.25) is 0 Å². The van der Waals surface area contributed by atoms with Crippen LogP contribution in [0.5, 0.6) is 0 Å². The van der Waals surface area contributed by atoms with Gasteiger partial charge in [0, 0.05) is 5.56 Å². The minimum atomic E-state index is -1.15. The van der Waals surface area contributed by atoms with Gasteiger partial charge in [-0.3, -0.25) is 0 Å². The number of hydrogen-bond acceptors (Lipinski definition) is 1. The molecule has 0 fully saturated rings. The quantitative estimate of drug-likeness (QED) is 0.885. The van der Waals surface area contributed by atoms with Gasteiger partial charge in [0.05, 0.1) is 0 Å². The molecule has 1 N–H and O–H groups in total. The van der Waals surface area contributed by atoms with Crippen molar-refractivity contribution in [2.75, 3.05) is 0 Å². The maximum absolute atomic E-state index is 13.6. The molecule has 2 aromatic carbocycles. The molecule has 1 unspecified atom stereocenters. The average Bonchev–Trinajstić information content (AvgIpc) is 2.41. The predicted octanol–water partition coefficient (Wildman–Crippen LogP) is 4.25. The molecule has 0 radical (unpaired) electrons. The molecule has 0 saturated heterocycles. The zero-order valence-electron chi connectivity index (χ0n) is 11.6. The van der Waals surface area contributed by atoms with Crippen LogP contribution in [-0.2, 0) is 6.42 Å². The smallest absolute Gasteiger partial charge is 0.129 e. The lowest BCUT2D eigenvalue weighted by Crippen LogP contribution is -2.04. The third-order valence-corrected chi connectivity index (χ3v) is 3.19. The van der Waals surface area contributed by atoms with Gasteiger partial charge in [-0.25, -0.2) is 8.78 Å². The van der Waals surface area contributed by atoms with Gasteiger partial charge < -0.3 is 5.11 Å². The molecular weight excluding hydrogens is 258 g/mol. The Morgan fingerprint density at radius 3 is 2.25 bits per heavy atom. The molecule has 1 nitrogen and oxygen atoms in total. The van der Waals surface area contributed by atoms with Crippen molar-refractivity contribution in [3.63, 3.8) is 0 Å². The van der Waals surface area contributed by atoms with Crippen LogP contribution in [-0.4, -0.2) is 5.11 Å². The van der Waals surface area contributed by atoms with E-state index in [0.717, 1.165) is 30.2 Å². The van der Waals surface area contributed by atoms with Crippen LogP contribution in [0.3, 0.4) is 0 Å². The first-order chi connectivity index (χ1) is 9.47. The van der Waals surface area contributed by atoms with E-state index >= 15 is 0 Å². The number of benzene rings is 2. The zero-order valence-corrected chi connectivity index (χ0v) is 11.6. The molecule has 0 saturated carbocycles. The second kappa shape index (κ2) is 6.14. The van der Waals surface area contributed by atoms with Crippen LogP contribution in [0.25, 0.3) is 0 Å². The standard InChI is InChI=1S/C17H18F2O/c1-11(2)9-12-3-5-13(6-4-12)17(20)15-10-14(18)7-8-16(15)19/h3-8,10-11,17,20H,9H2,1-2H3. The highest BCUT2D eigenvalue weighted by Gasteiger charge is 2.15. The Balaban J connectivity index is 2.24. The summed E-state index contributed by atoms with van der Waals surface area (Å²) in [6.45, 7) is 4.26. The number of hydrogen-bond donors (Lipinski definition) is 1. The summed E-state index contributed by atoms with van der Waals surface area (Å²) in [6, 6.07) is 10.4. The van der Waals surface area contributed by atoms with Crippen molar-refractivity contribution in [3.05, 3.63) is 70.8 Å². The van der Waals surface area contributed by atoms with E-state index in [0.29, 0.717) is 11.5 Å². The molecular formula is C17H18F2O. The lowest BCUT2D eigenvalue weighted by atomic mass is 9.97. The van der Waals surface area contributed by atoms with Crippen molar-refractivity contribution >= 4 is 0 Å². The maximum atomic E-state index is 13.6. The van der Waals surface area contributed by atoms with Gasteiger partial charge in [-0.1, -0.05) is 38.1 Å². The van der Waals surface area contributed by atoms with Gasteiger partial charge in [-0.2, -0.15) is 0 Å². The van der Waals surface area contributed by atoms with Gasteiger partial charge in [-0.05, 0) is 41.7 Å². The summed E-state index contributed by atoms with van der Waals surface area (Å²) in [5, 5.41) is 10.2. The van der Waals surface area contributed by atoms with Gasteiger partial charge in [0.25, 0.3) is 0 Å². The molecule has 2 rings (SSSR count). The molecule has 2 aromatic rings. The van der Waals surface area contributed by atoms with Gasteiger partial charge in [-0.15, -0.1) is 0 Å². The first-order valence-electron chi connectivity index (χ1n) is 6.69. The number of aliphatic hydroxyl groups is 1. The fourth-order valence-electron chi connectivity index (χ4n) is 2.21. The van der Waals surface area contributed by atoms with Gasteiger partial charge in [0.15, 0.2) is 0 Å². The van der Waals surface area contributed by atoms with E-state index in [1.807, 2.05) is 12.1 Å². The van der Waals surface area contributed by atoms with Gasteiger partial charge in [0.2, 0.25) is 0 Å². The van der Waals surface area contributed by atoms with E-state index in [9.17, 15) is 13.9 Å². The lowest BCUT2D eigenvalue weighted by molar-refractivity contribution is 0.214. The molecule has 0 aromatic heterocycles. The van der Waals surface area contributed by atoms with E-state index in [-0.39, 0.29) is 5.56 Å². The molecule has 0 spiro atoms. The molecule has 0 aliphatic heterocycles. The van der Waals surface area contributed by atoms with E-state index < -0.39 is 17.7 Å². The second-order valence-electron chi connectivity index (χ2n) is 5.41. The topological polar surface area (TPSA) is 20.2 Å². The van der Waals surface area contributed by atoms with E-state index in [1.54, 1.807) is 12.1 Å². The van der Waals surface area contributed by atoms with Crippen molar-refractivity contribution in [2.24, 2.45) is 5.92 Å². The number of rotatable bonds is 4. The summed E-state index contributed by atoms with van der Waals surface area (Å²) in [6.07, 6.45) is -0.205. The third kappa shape index (κ3) is 3.42. The van der Waals surface area contributed by atoms with Crippen molar-refractivity contribution in [3.8, 4) is 0 Å². The molecule has 1 atom stereocenters. The average molecular weight is 276 g/mol.